The van der Waals surface area contributed by atoms with Crippen LogP contribution in [0, 0.1) is 11.6 Å². The van der Waals surface area contributed by atoms with Crippen LogP contribution in [0.15, 0.2) is 29.1 Å². The molecule has 0 atom stereocenters. The molecule has 0 spiro atoms. The van der Waals surface area contributed by atoms with Crippen molar-refractivity contribution < 1.29 is 8.78 Å². The van der Waals surface area contributed by atoms with Crippen LogP contribution in [0.2, 0.25) is 0 Å². The number of nitrogens with one attached hydrogen (secondary N) is 1. The largest absolute Gasteiger partial charge is 0.268 e. The maximum atomic E-state index is 13.0. The summed E-state index contributed by atoms with van der Waals surface area (Å²) >= 11 is 0. The average molecular weight is 224 g/mol. The van der Waals surface area contributed by atoms with Crippen LogP contribution in [0.1, 0.15) is 12.6 Å². The highest BCUT2D eigenvalue weighted by atomic mass is 19.2. The summed E-state index contributed by atoms with van der Waals surface area (Å²) in [5, 5.41) is 2.53. The summed E-state index contributed by atoms with van der Waals surface area (Å²) in [5.74, 6) is -1.84. The number of hydrogen-bond acceptors (Lipinski definition) is 1. The second-order valence-electron chi connectivity index (χ2n) is 3.40. The van der Waals surface area contributed by atoms with Crippen LogP contribution in [-0.4, -0.2) is 9.78 Å². The summed E-state index contributed by atoms with van der Waals surface area (Å²) in [5.41, 5.74) is 0.857. The maximum Gasteiger partial charge on any atom is 0.264 e. The first kappa shape index (κ1) is 10.6. The molecule has 0 saturated carbocycles. The van der Waals surface area contributed by atoms with E-state index >= 15 is 0 Å². The molecule has 84 valence electrons. The molecular formula is C11H10F2N2O. The van der Waals surface area contributed by atoms with E-state index in [1.807, 2.05) is 6.92 Å². The summed E-state index contributed by atoms with van der Waals surface area (Å²) in [4.78, 5) is 11.2. The molecule has 1 aromatic carbocycles. The molecule has 1 N–H and O–H groups in total. The fourth-order valence-electron chi connectivity index (χ4n) is 1.54. The van der Waals surface area contributed by atoms with Gasteiger partial charge in [-0.25, -0.2) is 8.78 Å². The van der Waals surface area contributed by atoms with E-state index in [-0.39, 0.29) is 5.56 Å². The van der Waals surface area contributed by atoms with Crippen molar-refractivity contribution >= 4 is 0 Å². The van der Waals surface area contributed by atoms with Crippen LogP contribution >= 0.6 is 0 Å². The molecule has 0 aliphatic carbocycles. The van der Waals surface area contributed by atoms with Crippen molar-refractivity contribution in [1.82, 2.24) is 9.78 Å². The standard InChI is InChI=1S/C11H10F2N2O/c1-2-7-6-11(16)14-15(7)8-3-4-9(12)10(13)5-8/h3-6H,2H2,1H3,(H,14,16). The molecule has 0 saturated heterocycles. The third-order valence-corrected chi connectivity index (χ3v) is 2.33. The van der Waals surface area contributed by atoms with Crippen LogP contribution in [0.3, 0.4) is 0 Å². The second-order valence-corrected chi connectivity index (χ2v) is 3.40. The molecular weight excluding hydrogens is 214 g/mol. The molecule has 0 aliphatic rings. The van der Waals surface area contributed by atoms with Crippen molar-refractivity contribution in [2.75, 3.05) is 0 Å². The van der Waals surface area contributed by atoms with Gasteiger partial charge in [-0.1, -0.05) is 6.92 Å². The number of nitrogens with zero attached hydrogens (tertiary/aromatic N) is 1. The van der Waals surface area contributed by atoms with E-state index in [9.17, 15) is 13.6 Å². The Hall–Kier alpha value is -1.91. The molecule has 0 amide bonds. The Kier molecular flexibility index (Phi) is 2.60. The number of benzene rings is 1. The lowest BCUT2D eigenvalue weighted by atomic mass is 10.2. The molecule has 0 unspecified atom stereocenters. The zero-order chi connectivity index (χ0) is 11.7. The van der Waals surface area contributed by atoms with Gasteiger partial charge in [-0.05, 0) is 18.6 Å². The van der Waals surface area contributed by atoms with E-state index in [0.29, 0.717) is 12.1 Å². The van der Waals surface area contributed by atoms with E-state index in [2.05, 4.69) is 5.10 Å². The molecule has 1 heterocycles. The Bertz CT molecular complexity index is 572. The van der Waals surface area contributed by atoms with Crippen molar-refractivity contribution in [3.8, 4) is 5.69 Å². The molecule has 5 heteroatoms. The highest BCUT2D eigenvalue weighted by molar-refractivity contribution is 5.33. The normalized spacial score (nSPS) is 10.7. The summed E-state index contributed by atoms with van der Waals surface area (Å²) in [6.07, 6.45) is 0.623. The van der Waals surface area contributed by atoms with E-state index in [0.717, 1.165) is 17.8 Å². The van der Waals surface area contributed by atoms with Crippen LogP contribution in [-0.2, 0) is 6.42 Å². The van der Waals surface area contributed by atoms with E-state index < -0.39 is 11.6 Å². The van der Waals surface area contributed by atoms with Crippen LogP contribution in [0.5, 0.6) is 0 Å². The monoisotopic (exact) mass is 224 g/mol. The summed E-state index contributed by atoms with van der Waals surface area (Å²) in [7, 11) is 0. The van der Waals surface area contributed by atoms with Crippen LogP contribution < -0.4 is 5.56 Å². The maximum absolute atomic E-state index is 13.0. The first-order chi connectivity index (χ1) is 7.61. The van der Waals surface area contributed by atoms with Gasteiger partial charge in [0.1, 0.15) is 0 Å². The van der Waals surface area contributed by atoms with Gasteiger partial charge in [0, 0.05) is 17.8 Å². The van der Waals surface area contributed by atoms with Gasteiger partial charge in [0.15, 0.2) is 11.6 Å². The van der Waals surface area contributed by atoms with Gasteiger partial charge in [0.2, 0.25) is 0 Å². The third kappa shape index (κ3) is 1.76. The molecule has 1 aromatic heterocycles. The molecule has 2 aromatic rings. The Labute approximate surface area is 90.3 Å². The van der Waals surface area contributed by atoms with Crippen molar-refractivity contribution in [3.05, 3.63) is 51.9 Å². The molecule has 0 fully saturated rings. The van der Waals surface area contributed by atoms with Gasteiger partial charge >= 0.3 is 0 Å². The zero-order valence-electron chi connectivity index (χ0n) is 8.63. The molecule has 0 aliphatic heterocycles. The minimum absolute atomic E-state index is 0.262. The zero-order valence-corrected chi connectivity index (χ0v) is 8.63. The van der Waals surface area contributed by atoms with Crippen molar-refractivity contribution in [3.63, 3.8) is 0 Å². The van der Waals surface area contributed by atoms with Gasteiger partial charge < -0.3 is 0 Å². The fraction of sp³-hybridized carbons (Fsp3) is 0.182. The highest BCUT2D eigenvalue weighted by Gasteiger charge is 2.08. The summed E-state index contributed by atoms with van der Waals surface area (Å²) < 4.78 is 27.2. The number of halogens is 2. The highest BCUT2D eigenvalue weighted by Crippen LogP contribution is 2.13. The average Bonchev–Trinajstić information content (AvgIpc) is 2.63. The van der Waals surface area contributed by atoms with Crippen molar-refractivity contribution in [2.24, 2.45) is 0 Å². The number of aromatic nitrogens is 2. The second kappa shape index (κ2) is 3.92. The number of rotatable bonds is 2. The van der Waals surface area contributed by atoms with E-state index in [1.165, 1.54) is 16.8 Å². The van der Waals surface area contributed by atoms with Crippen molar-refractivity contribution in [1.29, 1.82) is 0 Å². The smallest absolute Gasteiger partial charge is 0.264 e. The molecule has 2 rings (SSSR count). The minimum atomic E-state index is -0.936. The third-order valence-electron chi connectivity index (χ3n) is 2.33. The number of aromatic amines is 1. The van der Waals surface area contributed by atoms with Crippen LogP contribution in [0.4, 0.5) is 8.78 Å². The van der Waals surface area contributed by atoms with E-state index in [4.69, 9.17) is 0 Å². The van der Waals surface area contributed by atoms with E-state index in [1.54, 1.807) is 0 Å². The number of hydrogen-bond donors (Lipinski definition) is 1. The van der Waals surface area contributed by atoms with Gasteiger partial charge in [-0.3, -0.25) is 14.6 Å². The topological polar surface area (TPSA) is 37.8 Å². The number of aryl methyl sites for hydroxylation is 1. The van der Waals surface area contributed by atoms with Gasteiger partial charge in [0.25, 0.3) is 5.56 Å². The molecule has 3 nitrogen and oxygen atoms in total. The Balaban J connectivity index is 2.57. The fourth-order valence-corrected chi connectivity index (χ4v) is 1.54. The van der Waals surface area contributed by atoms with Gasteiger partial charge in [-0.15, -0.1) is 0 Å². The first-order valence-corrected chi connectivity index (χ1v) is 4.88. The van der Waals surface area contributed by atoms with Gasteiger partial charge in [0.05, 0.1) is 5.69 Å². The molecule has 0 bridgehead atoms. The Morgan fingerprint density at radius 3 is 2.62 bits per heavy atom. The summed E-state index contributed by atoms with van der Waals surface area (Å²) in [6.45, 7) is 1.87. The lowest BCUT2D eigenvalue weighted by molar-refractivity contribution is 0.507. The Morgan fingerprint density at radius 1 is 1.25 bits per heavy atom. The Morgan fingerprint density at radius 2 is 2.00 bits per heavy atom. The van der Waals surface area contributed by atoms with Crippen molar-refractivity contribution in [2.45, 2.75) is 13.3 Å². The lowest BCUT2D eigenvalue weighted by Crippen LogP contribution is -2.05. The predicted molar refractivity (Wildman–Crippen MR) is 55.7 cm³/mol. The van der Waals surface area contributed by atoms with Crippen LogP contribution in [0.25, 0.3) is 5.69 Å². The molecule has 0 radical (unpaired) electrons. The minimum Gasteiger partial charge on any atom is -0.268 e. The lowest BCUT2D eigenvalue weighted by Gasteiger charge is -2.06. The number of H-pyrrole nitrogens is 1. The first-order valence-electron chi connectivity index (χ1n) is 4.88. The quantitative estimate of drug-likeness (QED) is 0.832. The SMILES string of the molecule is CCc1cc(=O)[nH]n1-c1ccc(F)c(F)c1. The summed E-state index contributed by atoms with van der Waals surface area (Å²) in [6, 6.07) is 4.92. The van der Waals surface area contributed by atoms with Gasteiger partial charge in [-0.2, -0.15) is 0 Å². The predicted octanol–water partition coefficient (Wildman–Crippen LogP) is 2.01. The molecule has 16 heavy (non-hydrogen) atoms.